The van der Waals surface area contributed by atoms with Crippen molar-refractivity contribution in [3.05, 3.63) is 107 Å². The number of likely N-dealkylation sites (N-methyl/N-ethyl adjacent to an activating group) is 1. The number of anilines is 1. The van der Waals surface area contributed by atoms with Crippen LogP contribution in [0.4, 0.5) is 5.69 Å². The van der Waals surface area contributed by atoms with Gasteiger partial charge in [0.05, 0.1) is 5.39 Å². The summed E-state index contributed by atoms with van der Waals surface area (Å²) >= 11 is 0. The largest absolute Gasteiger partial charge is 0.341 e. The van der Waals surface area contributed by atoms with Crippen molar-refractivity contribution in [3.63, 3.8) is 0 Å². The van der Waals surface area contributed by atoms with Gasteiger partial charge < -0.3 is 4.90 Å². The van der Waals surface area contributed by atoms with E-state index in [1.54, 1.807) is 0 Å². The van der Waals surface area contributed by atoms with Gasteiger partial charge in [-0.1, -0.05) is 61.6 Å². The number of hydrogen-bond acceptors (Lipinski definition) is 1. The number of allylic oxidation sites excluding steroid dienone is 5. The van der Waals surface area contributed by atoms with Gasteiger partial charge in [-0.2, -0.15) is 0 Å². The highest BCUT2D eigenvalue weighted by Crippen LogP contribution is 2.30. The van der Waals surface area contributed by atoms with Gasteiger partial charge >= 0.3 is 0 Å². The van der Waals surface area contributed by atoms with Crippen LogP contribution in [0.15, 0.2) is 96.4 Å². The molecule has 0 radical (unpaired) electrons. The zero-order chi connectivity index (χ0) is 20.9. The van der Waals surface area contributed by atoms with Crippen LogP contribution in [0.25, 0.3) is 23.1 Å². The van der Waals surface area contributed by atoms with Crippen LogP contribution in [0.3, 0.4) is 0 Å². The minimum Gasteiger partial charge on any atom is -0.341 e. The number of fused-ring (bicyclic) bond motifs is 2. The Bertz CT molecular complexity index is 1180. The predicted molar refractivity (Wildman–Crippen MR) is 129 cm³/mol. The lowest BCUT2D eigenvalue weighted by Gasteiger charge is -2.29. The summed E-state index contributed by atoms with van der Waals surface area (Å²) in [6, 6.07) is 19.3. The lowest BCUT2D eigenvalue weighted by molar-refractivity contribution is -0.644. The SMILES string of the molecule is CCC(/C=C/c1cc[n+](C)c2ccccc12)=C\C=C1/C=Cc2ccccc2N1CC. The second-order valence-electron chi connectivity index (χ2n) is 7.56. The van der Waals surface area contributed by atoms with E-state index in [0.717, 1.165) is 13.0 Å². The molecule has 0 amide bonds. The van der Waals surface area contributed by atoms with Crippen molar-refractivity contribution in [3.8, 4) is 0 Å². The maximum absolute atomic E-state index is 2.37. The lowest BCUT2D eigenvalue weighted by Crippen LogP contribution is -2.28. The molecule has 3 aromatic rings. The number of para-hydroxylation sites is 2. The first-order valence-electron chi connectivity index (χ1n) is 10.7. The molecule has 2 heterocycles. The van der Waals surface area contributed by atoms with E-state index in [2.05, 4.69) is 128 Å². The summed E-state index contributed by atoms with van der Waals surface area (Å²) < 4.78 is 2.17. The molecular formula is C28H29N2+. The quantitative estimate of drug-likeness (QED) is 0.357. The van der Waals surface area contributed by atoms with Crippen LogP contribution in [0, 0.1) is 0 Å². The normalized spacial score (nSPS) is 15.4. The Morgan fingerprint density at radius 1 is 0.967 bits per heavy atom. The fourth-order valence-corrected chi connectivity index (χ4v) is 3.99. The summed E-state index contributed by atoms with van der Waals surface area (Å²) in [4.78, 5) is 2.37. The number of nitrogens with zero attached hydrogens (tertiary/aromatic N) is 2. The van der Waals surface area contributed by atoms with Crippen LogP contribution in [-0.4, -0.2) is 6.54 Å². The topological polar surface area (TPSA) is 7.12 Å². The monoisotopic (exact) mass is 393 g/mol. The summed E-state index contributed by atoms with van der Waals surface area (Å²) in [5.74, 6) is 0. The Balaban J connectivity index is 1.63. The fraction of sp³-hybridized carbons (Fsp3) is 0.179. The van der Waals surface area contributed by atoms with E-state index in [4.69, 9.17) is 0 Å². The van der Waals surface area contributed by atoms with Crippen molar-refractivity contribution in [2.75, 3.05) is 11.4 Å². The van der Waals surface area contributed by atoms with Crippen LogP contribution in [-0.2, 0) is 7.05 Å². The summed E-state index contributed by atoms with van der Waals surface area (Å²) in [5.41, 5.74) is 7.58. The van der Waals surface area contributed by atoms with E-state index >= 15 is 0 Å². The van der Waals surface area contributed by atoms with E-state index in [9.17, 15) is 0 Å². The van der Waals surface area contributed by atoms with E-state index in [1.165, 1.54) is 39.0 Å². The van der Waals surface area contributed by atoms with Crippen molar-refractivity contribution in [1.29, 1.82) is 0 Å². The molecule has 0 N–H and O–H groups in total. The summed E-state index contributed by atoms with van der Waals surface area (Å²) in [5, 5.41) is 1.27. The zero-order valence-corrected chi connectivity index (χ0v) is 18.0. The molecule has 1 aliphatic heterocycles. The van der Waals surface area contributed by atoms with Gasteiger partial charge in [-0.25, -0.2) is 4.57 Å². The molecule has 0 saturated heterocycles. The van der Waals surface area contributed by atoms with Crippen LogP contribution < -0.4 is 9.47 Å². The molecular weight excluding hydrogens is 364 g/mol. The Labute approximate surface area is 179 Å². The highest BCUT2D eigenvalue weighted by Gasteiger charge is 2.14. The standard InChI is InChI=1S/C28H29N2/c1-4-22(14-16-23-20-21-29(3)28-13-9-7-11-26(23)28)15-18-25-19-17-24-10-6-8-12-27(24)30(25)5-2/h6-21H,4-5H2,1-3H3/q+1. The average Bonchev–Trinajstić information content (AvgIpc) is 2.80. The number of hydrogen-bond donors (Lipinski definition) is 0. The third-order valence-corrected chi connectivity index (χ3v) is 5.72. The Hall–Kier alpha value is -3.39. The van der Waals surface area contributed by atoms with Crippen molar-refractivity contribution >= 4 is 28.7 Å². The second-order valence-corrected chi connectivity index (χ2v) is 7.56. The van der Waals surface area contributed by atoms with Gasteiger partial charge in [-0.15, -0.1) is 0 Å². The molecule has 0 atom stereocenters. The van der Waals surface area contributed by atoms with E-state index in [0.29, 0.717) is 0 Å². The van der Waals surface area contributed by atoms with Crippen LogP contribution in [0.5, 0.6) is 0 Å². The minimum atomic E-state index is 0.950. The number of benzene rings is 2. The first-order chi connectivity index (χ1) is 14.7. The molecule has 0 aliphatic carbocycles. The van der Waals surface area contributed by atoms with E-state index < -0.39 is 0 Å². The maximum Gasteiger partial charge on any atom is 0.212 e. The number of rotatable bonds is 5. The van der Waals surface area contributed by atoms with Gasteiger partial charge in [0.2, 0.25) is 5.52 Å². The Morgan fingerprint density at radius 2 is 1.77 bits per heavy atom. The number of aromatic nitrogens is 1. The highest BCUT2D eigenvalue weighted by atomic mass is 15.1. The third-order valence-electron chi connectivity index (χ3n) is 5.72. The van der Waals surface area contributed by atoms with Gasteiger partial charge in [0, 0.05) is 30.1 Å². The molecule has 1 aromatic heterocycles. The first kappa shape index (κ1) is 19.9. The lowest BCUT2D eigenvalue weighted by atomic mass is 10.0. The first-order valence-corrected chi connectivity index (χ1v) is 10.7. The van der Waals surface area contributed by atoms with Gasteiger partial charge in [-0.3, -0.25) is 0 Å². The molecule has 0 saturated carbocycles. The molecule has 0 fully saturated rings. The van der Waals surface area contributed by atoms with E-state index in [1.807, 2.05) is 0 Å². The molecule has 4 rings (SSSR count). The molecule has 1 aliphatic rings. The van der Waals surface area contributed by atoms with Gasteiger partial charge in [0.15, 0.2) is 6.20 Å². The molecule has 2 aromatic carbocycles. The number of aryl methyl sites for hydroxylation is 1. The predicted octanol–water partition coefficient (Wildman–Crippen LogP) is 6.45. The van der Waals surface area contributed by atoms with Gasteiger partial charge in [-0.05, 0) is 54.3 Å². The average molecular weight is 394 g/mol. The van der Waals surface area contributed by atoms with Crippen LogP contribution in [0.1, 0.15) is 31.4 Å². The second kappa shape index (κ2) is 8.96. The smallest absolute Gasteiger partial charge is 0.212 e. The zero-order valence-electron chi connectivity index (χ0n) is 18.0. The van der Waals surface area contributed by atoms with Crippen LogP contribution in [0.2, 0.25) is 0 Å². The molecule has 30 heavy (non-hydrogen) atoms. The Morgan fingerprint density at radius 3 is 2.60 bits per heavy atom. The summed E-state index contributed by atoms with van der Waals surface area (Å²) in [6.45, 7) is 5.36. The summed E-state index contributed by atoms with van der Waals surface area (Å²) in [6.07, 6.45) is 16.5. The van der Waals surface area contributed by atoms with Crippen molar-refractivity contribution in [1.82, 2.24) is 0 Å². The third kappa shape index (κ3) is 3.99. The maximum atomic E-state index is 2.37. The molecule has 2 nitrogen and oxygen atoms in total. The van der Waals surface area contributed by atoms with Crippen molar-refractivity contribution in [2.24, 2.45) is 7.05 Å². The highest BCUT2D eigenvalue weighted by molar-refractivity contribution is 5.85. The molecule has 0 unspecified atom stereocenters. The van der Waals surface area contributed by atoms with Crippen molar-refractivity contribution < 1.29 is 4.57 Å². The molecule has 0 bridgehead atoms. The molecule has 2 heteroatoms. The fourth-order valence-electron chi connectivity index (χ4n) is 3.99. The van der Waals surface area contributed by atoms with E-state index in [-0.39, 0.29) is 0 Å². The van der Waals surface area contributed by atoms with Gasteiger partial charge in [0.1, 0.15) is 7.05 Å². The Kier molecular flexibility index (Phi) is 5.94. The minimum absolute atomic E-state index is 0.950. The number of pyridine rings is 1. The summed E-state index contributed by atoms with van der Waals surface area (Å²) in [7, 11) is 2.09. The van der Waals surface area contributed by atoms with Crippen LogP contribution >= 0.6 is 0 Å². The molecule has 150 valence electrons. The van der Waals surface area contributed by atoms with Gasteiger partial charge in [0.25, 0.3) is 0 Å². The van der Waals surface area contributed by atoms with Crippen molar-refractivity contribution in [2.45, 2.75) is 20.3 Å². The molecule has 0 spiro atoms.